The smallest absolute Gasteiger partial charge is 0.256 e. The first kappa shape index (κ1) is 15.6. The van der Waals surface area contributed by atoms with Crippen molar-refractivity contribution < 1.29 is 4.79 Å². The van der Waals surface area contributed by atoms with E-state index in [2.05, 4.69) is 10.1 Å². The van der Waals surface area contributed by atoms with Gasteiger partial charge in [-0.3, -0.25) is 9.78 Å². The fraction of sp³-hybridized carbons (Fsp3) is 0.250. The number of carbonyl (C=O) groups excluding carboxylic acids is 1. The van der Waals surface area contributed by atoms with Crippen LogP contribution in [0, 0.1) is 5.92 Å². The van der Waals surface area contributed by atoms with Crippen LogP contribution in [0.2, 0.25) is 0 Å². The van der Waals surface area contributed by atoms with Crippen LogP contribution >= 0.6 is 0 Å². The third-order valence-corrected chi connectivity index (χ3v) is 4.68. The van der Waals surface area contributed by atoms with E-state index in [0.717, 1.165) is 24.2 Å². The second-order valence-corrected chi connectivity index (χ2v) is 6.42. The summed E-state index contributed by atoms with van der Waals surface area (Å²) in [5.74, 6) is 0.481. The summed E-state index contributed by atoms with van der Waals surface area (Å²) in [6, 6.07) is 15.3. The Morgan fingerprint density at radius 2 is 1.92 bits per heavy atom. The van der Waals surface area contributed by atoms with Crippen LogP contribution in [0.3, 0.4) is 0 Å². The number of hydrogen-bond acceptors (Lipinski definition) is 3. The lowest BCUT2D eigenvalue weighted by atomic mass is 10.0. The van der Waals surface area contributed by atoms with Gasteiger partial charge in [0.2, 0.25) is 0 Å². The topological polar surface area (TPSA) is 51.0 Å². The van der Waals surface area contributed by atoms with Crippen LogP contribution in [0.15, 0.2) is 67.1 Å². The summed E-state index contributed by atoms with van der Waals surface area (Å²) < 4.78 is 1.73. The van der Waals surface area contributed by atoms with Gasteiger partial charge in [0.05, 0.1) is 23.0 Å². The van der Waals surface area contributed by atoms with Crippen LogP contribution in [0.1, 0.15) is 34.9 Å². The van der Waals surface area contributed by atoms with Crippen LogP contribution in [0.4, 0.5) is 0 Å². The van der Waals surface area contributed by atoms with Crippen LogP contribution in [-0.4, -0.2) is 32.6 Å². The second-order valence-electron chi connectivity index (χ2n) is 6.42. The summed E-state index contributed by atoms with van der Waals surface area (Å²) in [5, 5.41) is 4.27. The lowest BCUT2D eigenvalue weighted by molar-refractivity contribution is 0.0707. The fourth-order valence-electron chi connectivity index (χ4n) is 3.30. The molecule has 0 N–H and O–H groups in total. The van der Waals surface area contributed by atoms with E-state index < -0.39 is 0 Å². The average Bonchev–Trinajstić information content (AvgIpc) is 3.34. The number of carbonyl (C=O) groups is 1. The predicted octanol–water partition coefficient (Wildman–Crippen LogP) is 3.49. The molecule has 3 aromatic rings. The van der Waals surface area contributed by atoms with Crippen molar-refractivity contribution >= 4 is 5.91 Å². The number of rotatable bonds is 5. The second kappa shape index (κ2) is 6.51. The minimum absolute atomic E-state index is 0.00588. The van der Waals surface area contributed by atoms with Crippen molar-refractivity contribution in [2.45, 2.75) is 18.9 Å². The molecule has 2 aromatic heterocycles. The van der Waals surface area contributed by atoms with Gasteiger partial charge in [0.1, 0.15) is 0 Å². The number of aromatic nitrogens is 3. The zero-order chi connectivity index (χ0) is 17.2. The van der Waals surface area contributed by atoms with Crippen molar-refractivity contribution in [3.63, 3.8) is 0 Å². The molecular weight excluding hydrogens is 312 g/mol. The number of pyridine rings is 1. The lowest BCUT2D eigenvalue weighted by Gasteiger charge is -2.28. The highest BCUT2D eigenvalue weighted by Crippen LogP contribution is 2.44. The van der Waals surface area contributed by atoms with Gasteiger partial charge in [0.25, 0.3) is 5.91 Å². The monoisotopic (exact) mass is 332 g/mol. The average molecular weight is 332 g/mol. The molecule has 25 heavy (non-hydrogen) atoms. The molecule has 1 saturated carbocycles. The van der Waals surface area contributed by atoms with E-state index in [1.54, 1.807) is 17.1 Å². The molecule has 0 bridgehead atoms. The molecule has 0 saturated heterocycles. The van der Waals surface area contributed by atoms with Crippen molar-refractivity contribution in [2.24, 2.45) is 5.92 Å². The summed E-state index contributed by atoms with van der Waals surface area (Å²) in [4.78, 5) is 19.6. The highest BCUT2D eigenvalue weighted by atomic mass is 16.2. The molecular formula is C20H20N4O. The maximum absolute atomic E-state index is 13.3. The van der Waals surface area contributed by atoms with Gasteiger partial charge in [-0.05, 0) is 49.1 Å². The molecule has 2 heterocycles. The van der Waals surface area contributed by atoms with E-state index in [-0.39, 0.29) is 11.9 Å². The Hall–Kier alpha value is -2.95. The summed E-state index contributed by atoms with van der Waals surface area (Å²) in [6.07, 6.45) is 7.63. The first-order chi connectivity index (χ1) is 12.3. The maximum atomic E-state index is 13.3. The van der Waals surface area contributed by atoms with Gasteiger partial charge in [-0.2, -0.15) is 5.10 Å². The summed E-state index contributed by atoms with van der Waals surface area (Å²) >= 11 is 0. The molecule has 0 unspecified atom stereocenters. The molecule has 1 amide bonds. The Morgan fingerprint density at radius 1 is 1.12 bits per heavy atom. The summed E-state index contributed by atoms with van der Waals surface area (Å²) in [6.45, 7) is 0. The van der Waals surface area contributed by atoms with Crippen molar-refractivity contribution in [2.75, 3.05) is 7.05 Å². The normalized spacial score (nSPS) is 14.9. The fourth-order valence-corrected chi connectivity index (χ4v) is 3.30. The zero-order valence-corrected chi connectivity index (χ0v) is 14.1. The van der Waals surface area contributed by atoms with Gasteiger partial charge in [-0.15, -0.1) is 0 Å². The van der Waals surface area contributed by atoms with Gasteiger partial charge in [0, 0.05) is 25.6 Å². The van der Waals surface area contributed by atoms with Crippen molar-refractivity contribution in [1.29, 1.82) is 0 Å². The molecule has 1 aliphatic rings. The zero-order valence-electron chi connectivity index (χ0n) is 14.1. The SMILES string of the molecule is CN(C(=O)c1ccccc1-n1cccn1)[C@H](c1ccccn1)C1CC1. The molecule has 126 valence electrons. The van der Waals surface area contributed by atoms with Crippen LogP contribution < -0.4 is 0 Å². The van der Waals surface area contributed by atoms with E-state index in [1.807, 2.05) is 66.7 Å². The predicted molar refractivity (Wildman–Crippen MR) is 95.4 cm³/mol. The van der Waals surface area contributed by atoms with Crippen molar-refractivity contribution in [3.8, 4) is 5.69 Å². The van der Waals surface area contributed by atoms with Crippen molar-refractivity contribution in [1.82, 2.24) is 19.7 Å². The molecule has 5 nitrogen and oxygen atoms in total. The quantitative estimate of drug-likeness (QED) is 0.718. The van der Waals surface area contributed by atoms with Gasteiger partial charge in [-0.1, -0.05) is 18.2 Å². The van der Waals surface area contributed by atoms with Gasteiger partial charge in [0.15, 0.2) is 0 Å². The summed E-state index contributed by atoms with van der Waals surface area (Å²) in [5.41, 5.74) is 2.40. The number of amides is 1. The molecule has 4 rings (SSSR count). The Balaban J connectivity index is 1.69. The number of nitrogens with zero attached hydrogens (tertiary/aromatic N) is 4. The molecule has 1 atom stereocenters. The molecule has 1 aromatic carbocycles. The van der Waals surface area contributed by atoms with E-state index in [4.69, 9.17) is 0 Å². The summed E-state index contributed by atoms with van der Waals surface area (Å²) in [7, 11) is 1.87. The first-order valence-electron chi connectivity index (χ1n) is 8.53. The Morgan fingerprint density at radius 3 is 2.60 bits per heavy atom. The van der Waals surface area contributed by atoms with Gasteiger partial charge < -0.3 is 4.90 Å². The van der Waals surface area contributed by atoms with Gasteiger partial charge in [-0.25, -0.2) is 4.68 Å². The number of para-hydroxylation sites is 1. The largest absolute Gasteiger partial charge is 0.333 e. The van der Waals surface area contributed by atoms with Gasteiger partial charge >= 0.3 is 0 Å². The van der Waals surface area contributed by atoms with Crippen LogP contribution in [0.5, 0.6) is 0 Å². The minimum Gasteiger partial charge on any atom is -0.333 e. The van der Waals surface area contributed by atoms with Crippen LogP contribution in [-0.2, 0) is 0 Å². The number of benzene rings is 1. The van der Waals surface area contributed by atoms with E-state index in [0.29, 0.717) is 11.5 Å². The molecule has 0 spiro atoms. The van der Waals surface area contributed by atoms with Crippen LogP contribution in [0.25, 0.3) is 5.69 Å². The molecule has 0 radical (unpaired) electrons. The molecule has 0 aliphatic heterocycles. The Bertz CT molecular complexity index is 856. The third-order valence-electron chi connectivity index (χ3n) is 4.68. The van der Waals surface area contributed by atoms with E-state index >= 15 is 0 Å². The molecule has 1 fully saturated rings. The van der Waals surface area contributed by atoms with E-state index in [1.165, 1.54) is 0 Å². The lowest BCUT2D eigenvalue weighted by Crippen LogP contribution is -2.33. The standard InChI is InChI=1S/C20H20N4O/c1-23(19(15-10-11-15)17-8-4-5-12-21-17)20(25)16-7-2-3-9-18(16)24-14-6-13-22-24/h2-9,12-15,19H,10-11H2,1H3/t19-/m0/s1. The maximum Gasteiger partial charge on any atom is 0.256 e. The third kappa shape index (κ3) is 3.05. The highest BCUT2D eigenvalue weighted by molar-refractivity contribution is 5.97. The van der Waals surface area contributed by atoms with Crippen molar-refractivity contribution in [3.05, 3.63) is 78.4 Å². The highest BCUT2D eigenvalue weighted by Gasteiger charge is 2.38. The molecule has 5 heteroatoms. The minimum atomic E-state index is -0.00588. The van der Waals surface area contributed by atoms with E-state index in [9.17, 15) is 4.79 Å². The first-order valence-corrected chi connectivity index (χ1v) is 8.53. The molecule has 1 aliphatic carbocycles. The Labute approximate surface area is 146 Å². The Kier molecular flexibility index (Phi) is 4.06. The number of hydrogen-bond donors (Lipinski definition) is 0.